The number of halogens is 1. The number of nitrogens with one attached hydrogen (secondary N) is 1. The van der Waals surface area contributed by atoms with Crippen LogP contribution >= 0.6 is 11.6 Å². The Labute approximate surface area is 126 Å². The first-order chi connectivity index (χ1) is 9.44. The Morgan fingerprint density at radius 3 is 2.85 bits per heavy atom. The molecule has 1 aromatic rings. The van der Waals surface area contributed by atoms with Crippen molar-refractivity contribution in [3.8, 4) is 0 Å². The Morgan fingerprint density at radius 2 is 2.25 bits per heavy atom. The van der Waals surface area contributed by atoms with Crippen LogP contribution < -0.4 is 5.32 Å². The summed E-state index contributed by atoms with van der Waals surface area (Å²) in [7, 11) is 0. The van der Waals surface area contributed by atoms with Crippen LogP contribution in [0.3, 0.4) is 0 Å². The van der Waals surface area contributed by atoms with Gasteiger partial charge in [0, 0.05) is 23.7 Å². The largest absolute Gasteiger partial charge is 0.379 e. The van der Waals surface area contributed by atoms with Crippen molar-refractivity contribution in [3.05, 3.63) is 34.9 Å². The second-order valence-corrected chi connectivity index (χ2v) is 6.73. The molecular weight excluding hydrogens is 274 g/mol. The summed E-state index contributed by atoms with van der Waals surface area (Å²) in [6.45, 7) is 8.70. The Bertz CT molecular complexity index is 425. The molecule has 3 nitrogen and oxygen atoms in total. The van der Waals surface area contributed by atoms with Gasteiger partial charge in [-0.05, 0) is 44.9 Å². The maximum Gasteiger partial charge on any atom is 0.0954 e. The summed E-state index contributed by atoms with van der Waals surface area (Å²) in [6, 6.07) is 7.90. The molecule has 1 fully saturated rings. The minimum atomic E-state index is -0.000347. The second-order valence-electron chi connectivity index (χ2n) is 6.30. The Morgan fingerprint density at radius 1 is 1.45 bits per heavy atom. The van der Waals surface area contributed by atoms with Crippen LogP contribution in [0.2, 0.25) is 5.02 Å². The minimum Gasteiger partial charge on any atom is -0.379 e. The van der Waals surface area contributed by atoms with Gasteiger partial charge in [-0.25, -0.2) is 0 Å². The fourth-order valence-electron chi connectivity index (χ4n) is 2.20. The molecule has 1 saturated heterocycles. The molecule has 0 bridgehead atoms. The molecule has 1 N–H and O–H groups in total. The zero-order valence-corrected chi connectivity index (χ0v) is 13.2. The standard InChI is InChI=1S/C16H24ClNO2/c1-16(2,3)18-10-15(20-14-7-8-19-11-14)12-5-4-6-13(17)9-12/h4-6,9,14-15,18H,7-8,10-11H2,1-3H3. The molecule has 1 aliphatic rings. The van der Waals surface area contributed by atoms with Gasteiger partial charge in [0.1, 0.15) is 0 Å². The smallest absolute Gasteiger partial charge is 0.0954 e. The average Bonchev–Trinajstić information content (AvgIpc) is 2.86. The average molecular weight is 298 g/mol. The molecule has 20 heavy (non-hydrogen) atoms. The van der Waals surface area contributed by atoms with E-state index in [9.17, 15) is 0 Å². The van der Waals surface area contributed by atoms with Gasteiger partial charge in [-0.15, -0.1) is 0 Å². The van der Waals surface area contributed by atoms with Crippen LogP contribution in [0, 0.1) is 0 Å². The quantitative estimate of drug-likeness (QED) is 0.901. The maximum absolute atomic E-state index is 6.20. The monoisotopic (exact) mass is 297 g/mol. The van der Waals surface area contributed by atoms with Crippen LogP contribution in [-0.2, 0) is 9.47 Å². The van der Waals surface area contributed by atoms with E-state index < -0.39 is 0 Å². The van der Waals surface area contributed by atoms with Crippen LogP contribution in [0.1, 0.15) is 38.9 Å². The highest BCUT2D eigenvalue weighted by Crippen LogP contribution is 2.24. The molecule has 0 saturated carbocycles. The number of ether oxygens (including phenoxy) is 2. The first kappa shape index (κ1) is 15.8. The molecule has 4 heteroatoms. The number of hydrogen-bond acceptors (Lipinski definition) is 3. The first-order valence-corrected chi connectivity index (χ1v) is 7.55. The van der Waals surface area contributed by atoms with Crippen LogP contribution in [0.15, 0.2) is 24.3 Å². The normalized spacial score (nSPS) is 21.1. The van der Waals surface area contributed by atoms with Gasteiger partial charge in [0.2, 0.25) is 0 Å². The van der Waals surface area contributed by atoms with Gasteiger partial charge in [-0.3, -0.25) is 0 Å². The molecule has 2 unspecified atom stereocenters. The summed E-state index contributed by atoms with van der Waals surface area (Å²) in [5.41, 5.74) is 1.17. The SMILES string of the molecule is CC(C)(C)NCC(OC1CCOC1)c1cccc(Cl)c1. The van der Waals surface area contributed by atoms with Crippen molar-refractivity contribution in [2.45, 2.75) is 44.9 Å². The molecule has 0 aliphatic carbocycles. The van der Waals surface area contributed by atoms with E-state index in [-0.39, 0.29) is 17.7 Å². The second kappa shape index (κ2) is 6.90. The topological polar surface area (TPSA) is 30.5 Å². The molecule has 112 valence electrons. The van der Waals surface area contributed by atoms with E-state index in [1.807, 2.05) is 18.2 Å². The highest BCUT2D eigenvalue weighted by atomic mass is 35.5. The maximum atomic E-state index is 6.20. The number of benzene rings is 1. The van der Waals surface area contributed by atoms with Crippen LogP contribution in [-0.4, -0.2) is 31.4 Å². The lowest BCUT2D eigenvalue weighted by Crippen LogP contribution is -2.39. The summed E-state index contributed by atoms with van der Waals surface area (Å²) >= 11 is 6.09. The molecule has 1 aromatic carbocycles. The highest BCUT2D eigenvalue weighted by molar-refractivity contribution is 6.30. The van der Waals surface area contributed by atoms with Crippen molar-refractivity contribution in [3.63, 3.8) is 0 Å². The van der Waals surface area contributed by atoms with Gasteiger partial charge in [0.25, 0.3) is 0 Å². The lowest BCUT2D eigenvalue weighted by Gasteiger charge is -2.27. The van der Waals surface area contributed by atoms with E-state index in [4.69, 9.17) is 21.1 Å². The third-order valence-corrected chi connectivity index (χ3v) is 3.52. The molecule has 0 spiro atoms. The van der Waals surface area contributed by atoms with Crippen molar-refractivity contribution >= 4 is 11.6 Å². The molecule has 0 aromatic heterocycles. The van der Waals surface area contributed by atoms with E-state index >= 15 is 0 Å². The predicted molar refractivity (Wildman–Crippen MR) is 82.3 cm³/mol. The highest BCUT2D eigenvalue weighted by Gasteiger charge is 2.23. The van der Waals surface area contributed by atoms with E-state index in [1.54, 1.807) is 0 Å². The van der Waals surface area contributed by atoms with Crippen LogP contribution in [0.25, 0.3) is 0 Å². The Kier molecular flexibility index (Phi) is 5.44. The first-order valence-electron chi connectivity index (χ1n) is 7.18. The van der Waals surface area contributed by atoms with Gasteiger partial charge < -0.3 is 14.8 Å². The van der Waals surface area contributed by atoms with Gasteiger partial charge >= 0.3 is 0 Å². The Hall–Kier alpha value is -0.610. The molecule has 1 aliphatic heterocycles. The van der Waals surface area contributed by atoms with Crippen molar-refractivity contribution in [2.24, 2.45) is 0 Å². The lowest BCUT2D eigenvalue weighted by molar-refractivity contribution is -0.0188. The summed E-state index contributed by atoms with van der Waals surface area (Å²) in [5, 5.41) is 4.25. The fourth-order valence-corrected chi connectivity index (χ4v) is 2.40. The lowest BCUT2D eigenvalue weighted by atomic mass is 10.1. The summed E-state index contributed by atoms with van der Waals surface area (Å²) in [4.78, 5) is 0. The predicted octanol–water partition coefficient (Wildman–Crippen LogP) is 3.57. The zero-order valence-electron chi connectivity index (χ0n) is 12.5. The van der Waals surface area contributed by atoms with Gasteiger partial charge in [0.05, 0.1) is 18.8 Å². The van der Waals surface area contributed by atoms with E-state index in [0.29, 0.717) is 6.61 Å². The van der Waals surface area contributed by atoms with Crippen LogP contribution in [0.4, 0.5) is 0 Å². The summed E-state index contributed by atoms with van der Waals surface area (Å²) < 4.78 is 11.6. The minimum absolute atomic E-state index is 0.000347. The van der Waals surface area contributed by atoms with E-state index in [1.165, 1.54) is 0 Å². The molecular formula is C16H24ClNO2. The Balaban J connectivity index is 2.06. The molecule has 0 radical (unpaired) electrons. The molecule has 2 rings (SSSR count). The van der Waals surface area contributed by atoms with Crippen molar-refractivity contribution in [2.75, 3.05) is 19.8 Å². The van der Waals surface area contributed by atoms with Gasteiger partial charge in [-0.1, -0.05) is 23.7 Å². The van der Waals surface area contributed by atoms with E-state index in [0.717, 1.165) is 30.2 Å². The van der Waals surface area contributed by atoms with Crippen LogP contribution in [0.5, 0.6) is 0 Å². The number of hydrogen-bond donors (Lipinski definition) is 1. The summed E-state index contributed by atoms with van der Waals surface area (Å²) in [5.74, 6) is 0. The number of rotatable bonds is 5. The fraction of sp³-hybridized carbons (Fsp3) is 0.625. The molecule has 1 heterocycles. The molecule has 0 amide bonds. The van der Waals surface area contributed by atoms with Gasteiger partial charge in [-0.2, -0.15) is 0 Å². The zero-order chi connectivity index (χ0) is 14.6. The third-order valence-electron chi connectivity index (χ3n) is 3.28. The van der Waals surface area contributed by atoms with Crippen molar-refractivity contribution in [1.29, 1.82) is 0 Å². The van der Waals surface area contributed by atoms with Crippen molar-refractivity contribution < 1.29 is 9.47 Å². The third kappa shape index (κ3) is 5.06. The van der Waals surface area contributed by atoms with Crippen molar-refractivity contribution in [1.82, 2.24) is 5.32 Å². The summed E-state index contributed by atoms with van der Waals surface area (Å²) in [6.07, 6.45) is 1.15. The van der Waals surface area contributed by atoms with Gasteiger partial charge in [0.15, 0.2) is 0 Å². The molecule has 2 atom stereocenters. The van der Waals surface area contributed by atoms with E-state index in [2.05, 4.69) is 32.2 Å².